The molecular formula is C15H11Cl2NO. The summed E-state index contributed by atoms with van der Waals surface area (Å²) < 4.78 is 0. The maximum atomic E-state index is 12.2. The van der Waals surface area contributed by atoms with Crippen molar-refractivity contribution in [3.05, 3.63) is 69.7 Å². The zero-order valence-electron chi connectivity index (χ0n) is 9.94. The van der Waals surface area contributed by atoms with Gasteiger partial charge in [-0.15, -0.1) is 0 Å². The number of hydrogen-bond acceptors (Lipinski definition) is 2. The van der Waals surface area contributed by atoms with Crippen LogP contribution in [0.3, 0.4) is 0 Å². The highest BCUT2D eigenvalue weighted by atomic mass is 35.5. The fourth-order valence-electron chi connectivity index (χ4n) is 2.17. The highest BCUT2D eigenvalue weighted by Gasteiger charge is 2.44. The van der Waals surface area contributed by atoms with Crippen LogP contribution < -0.4 is 5.32 Å². The third-order valence-corrected chi connectivity index (χ3v) is 3.78. The molecule has 0 aromatic heterocycles. The summed E-state index contributed by atoms with van der Waals surface area (Å²) in [6.07, 6.45) is 0. The molecule has 1 aliphatic rings. The van der Waals surface area contributed by atoms with Crippen LogP contribution >= 0.6 is 23.2 Å². The Balaban J connectivity index is 1.79. The molecule has 0 bridgehead atoms. The van der Waals surface area contributed by atoms with Crippen molar-refractivity contribution in [1.29, 1.82) is 0 Å². The highest BCUT2D eigenvalue weighted by Crippen LogP contribution is 2.37. The average Bonchev–Trinajstić information content (AvgIpc) is 3.19. The van der Waals surface area contributed by atoms with Crippen LogP contribution in [0, 0.1) is 0 Å². The Hall–Kier alpha value is -1.35. The minimum absolute atomic E-state index is 0.0162. The number of rotatable bonds is 3. The quantitative estimate of drug-likeness (QED) is 0.688. The summed E-state index contributed by atoms with van der Waals surface area (Å²) in [6, 6.07) is 14.4. The van der Waals surface area contributed by atoms with Crippen LogP contribution in [0.5, 0.6) is 0 Å². The largest absolute Gasteiger partial charge is 0.297 e. The Morgan fingerprint density at radius 3 is 2.47 bits per heavy atom. The Morgan fingerprint density at radius 2 is 1.79 bits per heavy atom. The van der Waals surface area contributed by atoms with E-state index in [9.17, 15) is 4.79 Å². The molecule has 0 spiro atoms. The molecule has 0 radical (unpaired) electrons. The van der Waals surface area contributed by atoms with Crippen LogP contribution in [-0.4, -0.2) is 11.8 Å². The van der Waals surface area contributed by atoms with E-state index >= 15 is 0 Å². The first-order valence-electron chi connectivity index (χ1n) is 5.97. The fraction of sp³-hybridized carbons (Fsp3) is 0.133. The molecule has 0 unspecified atom stereocenters. The average molecular weight is 292 g/mol. The summed E-state index contributed by atoms with van der Waals surface area (Å²) in [5.41, 5.74) is 1.63. The smallest absolute Gasteiger partial charge is 0.181 e. The molecule has 0 saturated carbocycles. The molecule has 1 saturated heterocycles. The van der Waals surface area contributed by atoms with Gasteiger partial charge in [0, 0.05) is 15.6 Å². The Kier molecular flexibility index (Phi) is 3.31. The molecule has 96 valence electrons. The number of carbonyl (C=O) groups is 1. The number of nitrogens with one attached hydrogen (secondary N) is 1. The van der Waals surface area contributed by atoms with Gasteiger partial charge in [-0.3, -0.25) is 10.1 Å². The molecular weight excluding hydrogens is 281 g/mol. The number of carbonyl (C=O) groups excluding carboxylic acids is 1. The van der Waals surface area contributed by atoms with Crippen LogP contribution in [0.15, 0.2) is 48.5 Å². The minimum atomic E-state index is -0.193. The Morgan fingerprint density at radius 1 is 1.05 bits per heavy atom. The van der Waals surface area contributed by atoms with E-state index < -0.39 is 0 Å². The lowest BCUT2D eigenvalue weighted by Crippen LogP contribution is -2.10. The number of benzene rings is 2. The zero-order valence-corrected chi connectivity index (χ0v) is 11.4. The lowest BCUT2D eigenvalue weighted by molar-refractivity contribution is 0.0988. The van der Waals surface area contributed by atoms with Gasteiger partial charge in [0.25, 0.3) is 0 Å². The summed E-state index contributed by atoms with van der Waals surface area (Å²) >= 11 is 12.0. The van der Waals surface area contributed by atoms with E-state index in [1.807, 2.05) is 36.4 Å². The highest BCUT2D eigenvalue weighted by molar-refractivity contribution is 6.35. The Bertz CT molecular complexity index is 627. The van der Waals surface area contributed by atoms with Gasteiger partial charge >= 0.3 is 0 Å². The fourth-order valence-corrected chi connectivity index (χ4v) is 2.70. The molecule has 2 atom stereocenters. The summed E-state index contributed by atoms with van der Waals surface area (Å²) in [6.45, 7) is 0. The molecule has 1 fully saturated rings. The van der Waals surface area contributed by atoms with E-state index in [-0.39, 0.29) is 17.9 Å². The number of ketones is 1. The molecule has 3 rings (SSSR count). The van der Waals surface area contributed by atoms with Gasteiger partial charge in [0.1, 0.15) is 0 Å². The third-order valence-electron chi connectivity index (χ3n) is 3.22. The second-order valence-electron chi connectivity index (χ2n) is 4.52. The first-order chi connectivity index (χ1) is 9.16. The second kappa shape index (κ2) is 4.97. The van der Waals surface area contributed by atoms with Crippen molar-refractivity contribution in [2.75, 3.05) is 0 Å². The predicted octanol–water partition coefficient (Wildman–Crippen LogP) is 3.89. The summed E-state index contributed by atoms with van der Waals surface area (Å²) in [7, 11) is 0. The first-order valence-corrected chi connectivity index (χ1v) is 6.72. The van der Waals surface area contributed by atoms with E-state index in [1.165, 1.54) is 0 Å². The minimum Gasteiger partial charge on any atom is -0.297 e. The van der Waals surface area contributed by atoms with Gasteiger partial charge in [-0.1, -0.05) is 59.6 Å². The van der Waals surface area contributed by atoms with Gasteiger partial charge in [-0.05, 0) is 17.7 Å². The van der Waals surface area contributed by atoms with Gasteiger partial charge in [0.2, 0.25) is 0 Å². The van der Waals surface area contributed by atoms with Crippen LogP contribution in [0.4, 0.5) is 0 Å². The number of hydrogen-bond donors (Lipinski definition) is 1. The van der Waals surface area contributed by atoms with Crippen molar-refractivity contribution >= 4 is 29.0 Å². The van der Waals surface area contributed by atoms with Crippen molar-refractivity contribution in [2.24, 2.45) is 0 Å². The van der Waals surface area contributed by atoms with Gasteiger partial charge in [-0.2, -0.15) is 0 Å². The van der Waals surface area contributed by atoms with Crippen molar-refractivity contribution in [3.8, 4) is 0 Å². The Labute approximate surface area is 121 Å². The lowest BCUT2D eigenvalue weighted by atomic mass is 10.0. The van der Waals surface area contributed by atoms with Crippen molar-refractivity contribution in [3.63, 3.8) is 0 Å². The molecule has 2 aromatic rings. The van der Waals surface area contributed by atoms with Gasteiger partial charge in [-0.25, -0.2) is 0 Å². The monoisotopic (exact) mass is 291 g/mol. The van der Waals surface area contributed by atoms with Crippen molar-refractivity contribution in [1.82, 2.24) is 5.32 Å². The molecule has 4 heteroatoms. The van der Waals surface area contributed by atoms with E-state index in [2.05, 4.69) is 5.32 Å². The van der Waals surface area contributed by atoms with E-state index in [0.717, 1.165) is 5.56 Å². The maximum Gasteiger partial charge on any atom is 0.181 e. The zero-order chi connectivity index (χ0) is 13.4. The molecule has 2 nitrogen and oxygen atoms in total. The van der Waals surface area contributed by atoms with Crippen molar-refractivity contribution < 1.29 is 4.79 Å². The molecule has 1 N–H and O–H groups in total. The third kappa shape index (κ3) is 2.52. The van der Waals surface area contributed by atoms with Gasteiger partial charge < -0.3 is 0 Å². The molecule has 2 aromatic carbocycles. The lowest BCUT2D eigenvalue weighted by Gasteiger charge is -2.02. The van der Waals surface area contributed by atoms with E-state index in [4.69, 9.17) is 23.2 Å². The summed E-state index contributed by atoms with van der Waals surface area (Å²) in [5.74, 6) is 0.0941. The molecule has 0 amide bonds. The standard InChI is InChI=1S/C15H11Cl2NO/c16-10-6-7-11(12(17)8-10)13-14(18-13)15(19)9-4-2-1-3-5-9/h1-8,13-14,18H/t13-,14+/m1/s1. The van der Waals surface area contributed by atoms with Crippen LogP contribution in [0.1, 0.15) is 22.0 Å². The number of halogens is 2. The van der Waals surface area contributed by atoms with Crippen LogP contribution in [-0.2, 0) is 0 Å². The molecule has 1 heterocycles. The summed E-state index contributed by atoms with van der Waals surface area (Å²) in [4.78, 5) is 12.2. The topological polar surface area (TPSA) is 39.0 Å². The SMILES string of the molecule is O=C(c1ccccc1)[C@H]1N[C@@H]1c1ccc(Cl)cc1Cl. The van der Waals surface area contributed by atoms with Gasteiger partial charge in [0.15, 0.2) is 5.78 Å². The molecule has 1 aliphatic heterocycles. The summed E-state index contributed by atoms with van der Waals surface area (Å²) in [5, 5.41) is 4.36. The predicted molar refractivity (Wildman–Crippen MR) is 76.9 cm³/mol. The second-order valence-corrected chi connectivity index (χ2v) is 5.36. The maximum absolute atomic E-state index is 12.2. The van der Waals surface area contributed by atoms with Crippen LogP contribution in [0.2, 0.25) is 10.0 Å². The van der Waals surface area contributed by atoms with E-state index in [1.54, 1.807) is 12.1 Å². The molecule has 0 aliphatic carbocycles. The van der Waals surface area contributed by atoms with Crippen molar-refractivity contribution in [2.45, 2.75) is 12.1 Å². The first kappa shape index (κ1) is 12.7. The van der Waals surface area contributed by atoms with Gasteiger partial charge in [0.05, 0.1) is 12.1 Å². The van der Waals surface area contributed by atoms with Crippen LogP contribution in [0.25, 0.3) is 0 Å². The molecule has 19 heavy (non-hydrogen) atoms. The number of Topliss-reactive ketones (excluding diaryl/α,β-unsaturated/α-hetero) is 1. The van der Waals surface area contributed by atoms with E-state index in [0.29, 0.717) is 15.6 Å². The normalized spacial score (nSPS) is 21.2.